The molecule has 0 aromatic carbocycles. The zero-order valence-electron chi connectivity index (χ0n) is 10.8. The minimum atomic E-state index is -4.53. The van der Waals surface area contributed by atoms with Gasteiger partial charge < -0.3 is 20.6 Å². The highest BCUT2D eigenvalue weighted by molar-refractivity contribution is 5.86. The number of urea groups is 1. The predicted octanol–water partition coefficient (Wildman–Crippen LogP) is 0.171. The summed E-state index contributed by atoms with van der Waals surface area (Å²) in [6, 6.07) is -1.03. The summed E-state index contributed by atoms with van der Waals surface area (Å²) in [4.78, 5) is 33.2. The fourth-order valence-corrected chi connectivity index (χ4v) is 1.24. The summed E-state index contributed by atoms with van der Waals surface area (Å²) in [7, 11) is 0. The van der Waals surface area contributed by atoms with E-state index in [1.165, 1.54) is 0 Å². The van der Waals surface area contributed by atoms with Crippen LogP contribution in [-0.2, 0) is 9.59 Å². The minimum absolute atomic E-state index is 0.109. The molecule has 0 aromatic rings. The van der Waals surface area contributed by atoms with E-state index in [0.29, 0.717) is 11.3 Å². The first kappa shape index (κ1) is 18.0. The molecule has 0 heterocycles. The van der Waals surface area contributed by atoms with Crippen LogP contribution in [0.25, 0.3) is 0 Å². The lowest BCUT2D eigenvalue weighted by atomic mass is 10.4. The highest BCUT2D eigenvalue weighted by Crippen LogP contribution is 2.16. The third-order valence-electron chi connectivity index (χ3n) is 1.99. The van der Waals surface area contributed by atoms with Gasteiger partial charge in [0.1, 0.15) is 13.1 Å². The first-order valence-corrected chi connectivity index (χ1v) is 5.73. The molecule has 0 atom stereocenters. The molecule has 0 aliphatic heterocycles. The molecule has 20 heavy (non-hydrogen) atoms. The van der Waals surface area contributed by atoms with E-state index in [-0.39, 0.29) is 6.54 Å². The van der Waals surface area contributed by atoms with Crippen molar-refractivity contribution in [2.45, 2.75) is 19.5 Å². The predicted molar refractivity (Wildman–Crippen MR) is 62.0 cm³/mol. The average Bonchev–Trinajstić information content (AvgIpc) is 2.31. The Morgan fingerprint density at radius 3 is 2.20 bits per heavy atom. The van der Waals surface area contributed by atoms with Crippen molar-refractivity contribution in [1.82, 2.24) is 15.5 Å². The molecule has 0 bridgehead atoms. The van der Waals surface area contributed by atoms with E-state index in [2.05, 4.69) is 0 Å². The molecule has 3 N–H and O–H groups in total. The second-order valence-electron chi connectivity index (χ2n) is 3.87. The summed E-state index contributed by atoms with van der Waals surface area (Å²) in [5.74, 6) is -2.07. The molecule has 0 fully saturated rings. The van der Waals surface area contributed by atoms with Gasteiger partial charge in [-0.2, -0.15) is 13.2 Å². The number of aliphatic carboxylic acids is 1. The molecule has 0 aromatic heterocycles. The molecule has 0 rings (SSSR count). The maximum absolute atomic E-state index is 12.2. The van der Waals surface area contributed by atoms with E-state index in [4.69, 9.17) is 5.11 Å². The van der Waals surface area contributed by atoms with Crippen LogP contribution in [0.2, 0.25) is 0 Å². The van der Waals surface area contributed by atoms with Gasteiger partial charge in [0.2, 0.25) is 5.91 Å². The molecule has 3 amide bonds. The number of halogens is 3. The average molecular weight is 299 g/mol. The normalized spacial score (nSPS) is 10.8. The van der Waals surface area contributed by atoms with Crippen LogP contribution in [-0.4, -0.2) is 60.3 Å². The molecule has 0 unspecified atom stereocenters. The van der Waals surface area contributed by atoms with Crippen molar-refractivity contribution >= 4 is 17.9 Å². The Morgan fingerprint density at radius 2 is 1.75 bits per heavy atom. The van der Waals surface area contributed by atoms with Crippen LogP contribution in [0.5, 0.6) is 0 Å². The fraction of sp³-hybridized carbons (Fsp3) is 0.700. The summed E-state index contributed by atoms with van der Waals surface area (Å²) in [6.45, 7) is -1.14. The van der Waals surface area contributed by atoms with Crippen LogP contribution >= 0.6 is 0 Å². The van der Waals surface area contributed by atoms with E-state index < -0.39 is 43.7 Å². The molecule has 0 aliphatic rings. The molecule has 10 heteroatoms. The summed E-state index contributed by atoms with van der Waals surface area (Å²) in [5.41, 5.74) is 0. The van der Waals surface area contributed by atoms with E-state index >= 15 is 0 Å². The molecule has 0 radical (unpaired) electrons. The van der Waals surface area contributed by atoms with E-state index in [9.17, 15) is 27.6 Å². The van der Waals surface area contributed by atoms with Gasteiger partial charge in [-0.15, -0.1) is 0 Å². The number of rotatable bonds is 7. The Balaban J connectivity index is 4.25. The monoisotopic (exact) mass is 299 g/mol. The highest BCUT2D eigenvalue weighted by Gasteiger charge is 2.32. The lowest BCUT2D eigenvalue weighted by Gasteiger charge is -2.23. The molecule has 116 valence electrons. The maximum Gasteiger partial charge on any atom is 0.406 e. The molecule has 0 aliphatic carbocycles. The standard InChI is InChI=1S/C10H16F3N3O4/c1-2-3-16(6-10(11,12)13)9(20)15-4-7(17)14-5-8(18)19/h2-6H2,1H3,(H,14,17)(H,15,20)(H,18,19). The van der Waals surface area contributed by atoms with Gasteiger partial charge in [-0.1, -0.05) is 6.92 Å². The number of amides is 3. The third kappa shape index (κ3) is 9.00. The zero-order chi connectivity index (χ0) is 15.8. The Bertz CT molecular complexity index is 360. The van der Waals surface area contributed by atoms with Crippen LogP contribution in [0.1, 0.15) is 13.3 Å². The fourth-order valence-electron chi connectivity index (χ4n) is 1.24. The Kier molecular flexibility index (Phi) is 7.40. The van der Waals surface area contributed by atoms with Crippen LogP contribution in [0.15, 0.2) is 0 Å². The first-order chi connectivity index (χ1) is 9.15. The van der Waals surface area contributed by atoms with Gasteiger partial charge in [-0.25, -0.2) is 4.79 Å². The van der Waals surface area contributed by atoms with Crippen LogP contribution in [0.4, 0.5) is 18.0 Å². The number of alkyl halides is 3. The van der Waals surface area contributed by atoms with Crippen LogP contribution < -0.4 is 10.6 Å². The Morgan fingerprint density at radius 1 is 1.15 bits per heavy atom. The molecule has 7 nitrogen and oxygen atoms in total. The highest BCUT2D eigenvalue weighted by atomic mass is 19.4. The lowest BCUT2D eigenvalue weighted by molar-refractivity contribution is -0.140. The van der Waals surface area contributed by atoms with Gasteiger partial charge in [-0.05, 0) is 6.42 Å². The van der Waals surface area contributed by atoms with Gasteiger partial charge in [0.25, 0.3) is 0 Å². The lowest BCUT2D eigenvalue weighted by Crippen LogP contribution is -2.48. The second-order valence-corrected chi connectivity index (χ2v) is 3.87. The molecular weight excluding hydrogens is 283 g/mol. The van der Waals surface area contributed by atoms with Gasteiger partial charge in [0.15, 0.2) is 0 Å². The van der Waals surface area contributed by atoms with Crippen LogP contribution in [0, 0.1) is 0 Å². The summed E-state index contributed by atoms with van der Waals surface area (Å²) in [6.07, 6.45) is -4.20. The van der Waals surface area contributed by atoms with Crippen molar-refractivity contribution in [3.63, 3.8) is 0 Å². The number of hydrogen-bond acceptors (Lipinski definition) is 3. The van der Waals surface area contributed by atoms with Gasteiger partial charge in [0, 0.05) is 6.54 Å². The topological polar surface area (TPSA) is 98.7 Å². The summed E-state index contributed by atoms with van der Waals surface area (Å²) < 4.78 is 36.7. The number of carbonyl (C=O) groups is 3. The van der Waals surface area contributed by atoms with Crippen molar-refractivity contribution in [3.05, 3.63) is 0 Å². The van der Waals surface area contributed by atoms with Crippen LogP contribution in [0.3, 0.4) is 0 Å². The summed E-state index contributed by atoms with van der Waals surface area (Å²) in [5, 5.41) is 12.2. The quantitative estimate of drug-likeness (QED) is 0.624. The van der Waals surface area contributed by atoms with E-state index in [1.807, 2.05) is 10.6 Å². The Labute approximate surface area is 113 Å². The van der Waals surface area contributed by atoms with Gasteiger partial charge in [-0.3, -0.25) is 9.59 Å². The second kappa shape index (κ2) is 8.23. The van der Waals surface area contributed by atoms with Gasteiger partial charge >= 0.3 is 18.2 Å². The molecule has 0 saturated carbocycles. The largest absolute Gasteiger partial charge is 0.480 e. The smallest absolute Gasteiger partial charge is 0.406 e. The Hall–Kier alpha value is -2.00. The minimum Gasteiger partial charge on any atom is -0.480 e. The third-order valence-corrected chi connectivity index (χ3v) is 1.99. The number of carboxylic acid groups (broad SMARTS) is 1. The van der Waals surface area contributed by atoms with Crippen molar-refractivity contribution in [2.24, 2.45) is 0 Å². The number of carbonyl (C=O) groups excluding carboxylic acids is 2. The van der Waals surface area contributed by atoms with E-state index in [1.54, 1.807) is 6.92 Å². The van der Waals surface area contributed by atoms with Gasteiger partial charge in [0.05, 0.1) is 6.54 Å². The SMILES string of the molecule is CCCN(CC(F)(F)F)C(=O)NCC(=O)NCC(=O)O. The maximum atomic E-state index is 12.2. The number of hydrogen-bond donors (Lipinski definition) is 3. The van der Waals surface area contributed by atoms with Crippen molar-refractivity contribution in [2.75, 3.05) is 26.2 Å². The number of carboxylic acids is 1. The summed E-state index contributed by atoms with van der Waals surface area (Å²) >= 11 is 0. The van der Waals surface area contributed by atoms with Crippen molar-refractivity contribution < 1.29 is 32.7 Å². The number of nitrogens with zero attached hydrogens (tertiary/aromatic N) is 1. The molecule has 0 saturated heterocycles. The van der Waals surface area contributed by atoms with E-state index in [0.717, 1.165) is 0 Å². The molecular formula is C10H16F3N3O4. The van der Waals surface area contributed by atoms with Crippen molar-refractivity contribution in [3.8, 4) is 0 Å². The number of nitrogens with one attached hydrogen (secondary N) is 2. The van der Waals surface area contributed by atoms with Crippen molar-refractivity contribution in [1.29, 1.82) is 0 Å². The first-order valence-electron chi connectivity index (χ1n) is 5.73. The zero-order valence-corrected chi connectivity index (χ0v) is 10.8. The molecule has 0 spiro atoms.